The molecule has 1 aliphatic heterocycles. The van der Waals surface area contributed by atoms with Crippen molar-refractivity contribution in [2.24, 2.45) is 5.92 Å². The van der Waals surface area contributed by atoms with Crippen LogP contribution < -0.4 is 5.32 Å². The van der Waals surface area contributed by atoms with Crippen molar-refractivity contribution in [1.82, 2.24) is 10.4 Å². The third-order valence-electron chi connectivity index (χ3n) is 7.17. The molecule has 186 valence electrons. The summed E-state index contributed by atoms with van der Waals surface area (Å²) in [6, 6.07) is 21.9. The molecule has 1 unspecified atom stereocenters. The Morgan fingerprint density at radius 2 is 1.32 bits per heavy atom. The second-order valence-corrected chi connectivity index (χ2v) is 9.53. The van der Waals surface area contributed by atoms with Gasteiger partial charge in [-0.1, -0.05) is 65.7 Å². The summed E-state index contributed by atoms with van der Waals surface area (Å²) in [5.74, 6) is -2.10. The van der Waals surface area contributed by atoms with E-state index >= 15 is 0 Å². The van der Waals surface area contributed by atoms with Crippen LogP contribution in [0.3, 0.4) is 0 Å². The average molecular weight is 497 g/mol. The van der Waals surface area contributed by atoms with Gasteiger partial charge in [-0.3, -0.25) is 9.59 Å². The number of fused-ring (bicyclic) bond motifs is 4. The Morgan fingerprint density at radius 1 is 0.811 bits per heavy atom. The smallest absolute Gasteiger partial charge is 0.407 e. The third-order valence-corrected chi connectivity index (χ3v) is 7.17. The molecule has 0 aromatic heterocycles. The van der Waals surface area contributed by atoms with Gasteiger partial charge < -0.3 is 14.9 Å². The summed E-state index contributed by atoms with van der Waals surface area (Å²) in [5.41, 5.74) is 4.88. The van der Waals surface area contributed by atoms with E-state index in [0.29, 0.717) is 5.06 Å². The van der Waals surface area contributed by atoms with Gasteiger partial charge in [0.25, 0.3) is 11.8 Å². The monoisotopic (exact) mass is 496 g/mol. The highest BCUT2D eigenvalue weighted by Gasteiger charge is 2.40. The molecular weight excluding hydrogens is 472 g/mol. The quantitative estimate of drug-likeness (QED) is 0.485. The van der Waals surface area contributed by atoms with Gasteiger partial charge in [0.15, 0.2) is 0 Å². The van der Waals surface area contributed by atoms with Crippen LogP contribution in [0.2, 0.25) is 0 Å². The van der Waals surface area contributed by atoms with Crippen LogP contribution in [0.4, 0.5) is 4.79 Å². The first-order valence-corrected chi connectivity index (χ1v) is 12.3. The Labute approximate surface area is 213 Å². The Kier molecular flexibility index (Phi) is 5.71. The number of benzene rings is 3. The molecule has 1 heterocycles. The predicted octanol–water partition coefficient (Wildman–Crippen LogP) is 4.45. The van der Waals surface area contributed by atoms with Gasteiger partial charge in [0.1, 0.15) is 6.61 Å². The summed E-state index contributed by atoms with van der Waals surface area (Å²) < 4.78 is 5.62. The van der Waals surface area contributed by atoms with Crippen molar-refractivity contribution < 1.29 is 28.8 Å². The first-order chi connectivity index (χ1) is 18.0. The van der Waals surface area contributed by atoms with E-state index < -0.39 is 29.9 Å². The van der Waals surface area contributed by atoms with E-state index in [9.17, 15) is 19.2 Å². The summed E-state index contributed by atoms with van der Waals surface area (Å²) in [6.07, 6.45) is 0.915. The Balaban J connectivity index is 1.07. The largest absolute Gasteiger partial charge is 0.449 e. The molecule has 0 bridgehead atoms. The number of hydrogen-bond donors (Lipinski definition) is 1. The standard InChI is InChI=1S/C29H24N2O6/c32-26(37-31-27(33)22-11-5-6-12-23(22)28(31)34)15-25(17-13-14-17)30-29(35)36-16-24-20-9-3-1-7-18(20)19-8-2-4-10-21(19)24/h1-12,17,24-25H,13-16H2,(H,30,35). The number of alkyl carbamates (subject to hydrolysis) is 1. The van der Waals surface area contributed by atoms with Gasteiger partial charge in [-0.25, -0.2) is 9.59 Å². The maximum Gasteiger partial charge on any atom is 0.407 e. The van der Waals surface area contributed by atoms with Crippen LogP contribution in [0.5, 0.6) is 0 Å². The number of nitrogens with zero attached hydrogens (tertiary/aromatic N) is 1. The molecule has 1 atom stereocenters. The zero-order chi connectivity index (χ0) is 25.5. The summed E-state index contributed by atoms with van der Waals surface area (Å²) >= 11 is 0. The zero-order valence-electron chi connectivity index (χ0n) is 19.9. The molecule has 6 rings (SSSR count). The van der Waals surface area contributed by atoms with E-state index in [1.54, 1.807) is 12.1 Å². The molecule has 2 aliphatic carbocycles. The highest BCUT2D eigenvalue weighted by atomic mass is 16.7. The molecule has 0 saturated heterocycles. The number of carbonyl (C=O) groups excluding carboxylic acids is 4. The van der Waals surface area contributed by atoms with Crippen molar-refractivity contribution in [2.45, 2.75) is 31.2 Å². The normalized spacial score (nSPS) is 16.6. The predicted molar refractivity (Wildman–Crippen MR) is 132 cm³/mol. The molecule has 1 saturated carbocycles. The molecule has 3 aliphatic rings. The van der Waals surface area contributed by atoms with E-state index in [4.69, 9.17) is 9.57 Å². The van der Waals surface area contributed by atoms with Gasteiger partial charge in [0, 0.05) is 12.0 Å². The van der Waals surface area contributed by atoms with Gasteiger partial charge in [0.2, 0.25) is 0 Å². The van der Waals surface area contributed by atoms with Crippen LogP contribution in [0.15, 0.2) is 72.8 Å². The van der Waals surface area contributed by atoms with Gasteiger partial charge in [-0.2, -0.15) is 0 Å². The van der Waals surface area contributed by atoms with Crippen LogP contribution >= 0.6 is 0 Å². The number of ether oxygens (including phenoxy) is 1. The first kappa shape index (κ1) is 23.0. The van der Waals surface area contributed by atoms with Crippen LogP contribution in [-0.2, 0) is 14.4 Å². The minimum atomic E-state index is -0.773. The molecule has 3 amide bonds. The van der Waals surface area contributed by atoms with Crippen molar-refractivity contribution in [3.05, 3.63) is 95.1 Å². The van der Waals surface area contributed by atoms with Crippen molar-refractivity contribution >= 4 is 23.9 Å². The van der Waals surface area contributed by atoms with E-state index in [-0.39, 0.29) is 36.0 Å². The molecule has 3 aromatic rings. The van der Waals surface area contributed by atoms with E-state index in [2.05, 4.69) is 17.4 Å². The van der Waals surface area contributed by atoms with Crippen molar-refractivity contribution in [3.8, 4) is 11.1 Å². The summed E-state index contributed by atoms with van der Waals surface area (Å²) in [4.78, 5) is 55.5. The van der Waals surface area contributed by atoms with Crippen molar-refractivity contribution in [2.75, 3.05) is 6.61 Å². The van der Waals surface area contributed by atoms with Gasteiger partial charge in [-0.15, -0.1) is 0 Å². The van der Waals surface area contributed by atoms with Gasteiger partial charge in [-0.05, 0) is 53.1 Å². The lowest BCUT2D eigenvalue weighted by Crippen LogP contribution is -2.41. The minimum Gasteiger partial charge on any atom is -0.449 e. The van der Waals surface area contributed by atoms with Gasteiger partial charge in [0.05, 0.1) is 17.5 Å². The van der Waals surface area contributed by atoms with Crippen LogP contribution in [0.1, 0.15) is 57.0 Å². The number of nitrogens with one attached hydrogen (secondary N) is 1. The maximum absolute atomic E-state index is 12.7. The second-order valence-electron chi connectivity index (χ2n) is 9.53. The SMILES string of the molecule is O=C(CC(NC(=O)OCC1c2ccccc2-c2ccccc21)C1CC1)ON1C(=O)c2ccccc2C1=O. The number of carbonyl (C=O) groups is 4. The number of imide groups is 1. The Morgan fingerprint density at radius 3 is 1.86 bits per heavy atom. The zero-order valence-corrected chi connectivity index (χ0v) is 19.9. The number of rotatable bonds is 7. The molecular formula is C29H24N2O6. The fourth-order valence-corrected chi connectivity index (χ4v) is 5.19. The van der Waals surface area contributed by atoms with Crippen molar-refractivity contribution in [1.29, 1.82) is 0 Å². The average Bonchev–Trinajstić information content (AvgIpc) is 3.68. The maximum atomic E-state index is 12.7. The lowest BCUT2D eigenvalue weighted by molar-refractivity contribution is -0.169. The molecule has 0 radical (unpaired) electrons. The molecule has 37 heavy (non-hydrogen) atoms. The Bertz CT molecular complexity index is 1350. The highest BCUT2D eigenvalue weighted by molar-refractivity contribution is 6.20. The number of hydroxylamine groups is 2. The molecule has 8 nitrogen and oxygen atoms in total. The fourth-order valence-electron chi connectivity index (χ4n) is 5.19. The second kappa shape index (κ2) is 9.20. The van der Waals surface area contributed by atoms with Gasteiger partial charge >= 0.3 is 12.1 Å². The highest BCUT2D eigenvalue weighted by Crippen LogP contribution is 2.44. The van der Waals surface area contributed by atoms with E-state index in [1.807, 2.05) is 36.4 Å². The molecule has 1 fully saturated rings. The lowest BCUT2D eigenvalue weighted by Gasteiger charge is -2.20. The summed E-state index contributed by atoms with van der Waals surface area (Å²) in [7, 11) is 0. The van der Waals surface area contributed by atoms with E-state index in [0.717, 1.165) is 35.1 Å². The summed E-state index contributed by atoms with van der Waals surface area (Å²) in [5, 5.41) is 3.29. The first-order valence-electron chi connectivity index (χ1n) is 12.3. The lowest BCUT2D eigenvalue weighted by atomic mass is 9.98. The molecule has 0 spiro atoms. The van der Waals surface area contributed by atoms with Crippen molar-refractivity contribution in [3.63, 3.8) is 0 Å². The number of hydrogen-bond acceptors (Lipinski definition) is 6. The molecule has 1 N–H and O–H groups in total. The van der Waals surface area contributed by atoms with Crippen LogP contribution in [-0.4, -0.2) is 41.6 Å². The molecule has 8 heteroatoms. The van der Waals surface area contributed by atoms with E-state index in [1.165, 1.54) is 12.1 Å². The summed E-state index contributed by atoms with van der Waals surface area (Å²) in [6.45, 7) is 0.163. The third kappa shape index (κ3) is 4.24. The topological polar surface area (TPSA) is 102 Å². The molecule has 3 aromatic carbocycles. The number of amides is 3. The Hall–Kier alpha value is -4.46. The van der Waals surface area contributed by atoms with Crippen LogP contribution in [0.25, 0.3) is 11.1 Å². The minimum absolute atomic E-state index is 0.0729. The fraction of sp³-hybridized carbons (Fsp3) is 0.241. The van der Waals surface area contributed by atoms with Crippen LogP contribution in [0, 0.1) is 5.92 Å².